The van der Waals surface area contributed by atoms with Crippen molar-refractivity contribution in [2.24, 2.45) is 0 Å². The molecule has 0 aromatic carbocycles. The van der Waals surface area contributed by atoms with Gasteiger partial charge < -0.3 is 0 Å². The molecule has 0 amide bonds. The standard InChI is InChI=1S/C6H4BN2O/c1-4(10)6(7)5(2-8)3-9/h7H,1H3/i7D. The van der Waals surface area contributed by atoms with E-state index < -0.39 is 5.78 Å². The molecule has 0 fully saturated rings. The summed E-state index contributed by atoms with van der Waals surface area (Å²) in [7, 11) is 0.712. The van der Waals surface area contributed by atoms with Crippen molar-refractivity contribution in [1.82, 2.24) is 0 Å². The van der Waals surface area contributed by atoms with Crippen LogP contribution in [0.4, 0.5) is 0 Å². The van der Waals surface area contributed by atoms with Crippen molar-refractivity contribution in [3.63, 3.8) is 0 Å². The third kappa shape index (κ3) is 1.76. The Bertz CT molecular complexity index is 268. The number of hydrogen-bond donors (Lipinski definition) is 0. The van der Waals surface area contributed by atoms with Gasteiger partial charge in [-0.05, 0) is 13.7 Å². The average molecular weight is 132 g/mol. The predicted molar refractivity (Wildman–Crippen MR) is 36.1 cm³/mol. The second-order valence-corrected chi connectivity index (χ2v) is 1.57. The van der Waals surface area contributed by atoms with Gasteiger partial charge in [-0.25, -0.2) is 0 Å². The maximum atomic E-state index is 10.6. The van der Waals surface area contributed by atoms with Crippen molar-refractivity contribution >= 4 is 13.6 Å². The van der Waals surface area contributed by atoms with E-state index >= 15 is 0 Å². The topological polar surface area (TPSA) is 64.7 Å². The molecule has 4 heteroatoms. The smallest absolute Gasteiger partial charge is 0.147 e. The zero-order valence-electron chi connectivity index (χ0n) is 6.38. The minimum absolute atomic E-state index is 0.144. The fourth-order valence-electron chi connectivity index (χ4n) is 0.321. The van der Waals surface area contributed by atoms with Crippen molar-refractivity contribution in [1.29, 1.82) is 11.9 Å². The summed E-state index contributed by atoms with van der Waals surface area (Å²) in [4.78, 5) is 10.6. The summed E-state index contributed by atoms with van der Waals surface area (Å²) < 4.78 is 6.72. The van der Waals surface area contributed by atoms with Crippen LogP contribution in [0.2, 0.25) is 0 Å². The fraction of sp³-hybridized carbons (Fsp3) is 0.167. The molecule has 0 rings (SSSR count). The molecule has 1 radical (unpaired) electrons. The van der Waals surface area contributed by atoms with E-state index in [4.69, 9.17) is 11.9 Å². The van der Waals surface area contributed by atoms with E-state index in [0.717, 1.165) is 0 Å². The Balaban J connectivity index is 5.03. The largest absolute Gasteiger partial charge is 0.296 e. The van der Waals surface area contributed by atoms with Gasteiger partial charge in [0.25, 0.3) is 0 Å². The van der Waals surface area contributed by atoms with Gasteiger partial charge in [0, 0.05) is 0 Å². The van der Waals surface area contributed by atoms with Gasteiger partial charge in [-0.1, -0.05) is 0 Å². The Labute approximate surface area is 61.3 Å². The molecule has 0 aliphatic heterocycles. The van der Waals surface area contributed by atoms with E-state index in [2.05, 4.69) is 0 Å². The Morgan fingerprint density at radius 1 is 1.60 bits per heavy atom. The molecule has 0 N–H and O–H groups in total. The van der Waals surface area contributed by atoms with Crippen LogP contribution in [0.25, 0.3) is 0 Å². The van der Waals surface area contributed by atoms with Crippen molar-refractivity contribution in [3.05, 3.63) is 11.0 Å². The number of hydrogen-bond acceptors (Lipinski definition) is 3. The first-order valence-electron chi connectivity index (χ1n) is 3.02. The van der Waals surface area contributed by atoms with Crippen LogP contribution in [0.15, 0.2) is 11.0 Å². The van der Waals surface area contributed by atoms with Gasteiger partial charge in [0.1, 0.15) is 31.3 Å². The predicted octanol–water partition coefficient (Wildman–Crippen LogP) is -0.223. The van der Waals surface area contributed by atoms with Crippen LogP contribution in [0.1, 0.15) is 6.92 Å². The van der Waals surface area contributed by atoms with Crippen LogP contribution in [0.5, 0.6) is 0 Å². The maximum Gasteiger partial charge on any atom is 0.147 e. The van der Waals surface area contributed by atoms with E-state index in [0.29, 0.717) is 7.81 Å². The zero-order chi connectivity index (χ0) is 8.85. The lowest BCUT2D eigenvalue weighted by Gasteiger charge is -1.89. The quantitative estimate of drug-likeness (QED) is 0.296. The van der Waals surface area contributed by atoms with Crippen molar-refractivity contribution in [3.8, 4) is 12.1 Å². The van der Waals surface area contributed by atoms with Gasteiger partial charge >= 0.3 is 0 Å². The molecule has 0 saturated heterocycles. The first-order valence-corrected chi connectivity index (χ1v) is 2.44. The molecule has 0 aromatic heterocycles. The molecule has 0 aliphatic carbocycles. The third-order valence-electron chi connectivity index (χ3n) is 0.872. The summed E-state index contributed by atoms with van der Waals surface area (Å²) in [6.07, 6.45) is 0. The molecule has 0 atom stereocenters. The van der Waals surface area contributed by atoms with Crippen molar-refractivity contribution in [2.45, 2.75) is 6.92 Å². The van der Waals surface area contributed by atoms with Gasteiger partial charge in [0.2, 0.25) is 0 Å². The van der Waals surface area contributed by atoms with Crippen molar-refractivity contribution in [2.75, 3.05) is 0 Å². The van der Waals surface area contributed by atoms with E-state index in [9.17, 15) is 4.79 Å². The number of Topliss-reactive ketones (excluding diaryl/α,β-unsaturated/α-hetero) is 1. The summed E-state index contributed by atoms with van der Waals surface area (Å²) in [6, 6.07) is 3.06. The highest BCUT2D eigenvalue weighted by Crippen LogP contribution is 1.98. The maximum absolute atomic E-state index is 10.6. The molecule has 3 nitrogen and oxygen atoms in total. The normalized spacial score (nSPS) is 8.10. The Morgan fingerprint density at radius 2 is 2.10 bits per heavy atom. The van der Waals surface area contributed by atoms with E-state index in [1.165, 1.54) is 19.1 Å². The van der Waals surface area contributed by atoms with E-state index in [-0.39, 0.29) is 11.0 Å². The Morgan fingerprint density at radius 3 is 2.20 bits per heavy atom. The molecule has 0 bridgehead atoms. The summed E-state index contributed by atoms with van der Waals surface area (Å²) in [6.45, 7) is 1.20. The highest BCUT2D eigenvalue weighted by molar-refractivity contribution is 6.37. The van der Waals surface area contributed by atoms with E-state index in [1.807, 2.05) is 0 Å². The third-order valence-corrected chi connectivity index (χ3v) is 0.872. The molecule has 10 heavy (non-hydrogen) atoms. The van der Waals surface area contributed by atoms with Gasteiger partial charge in [0.05, 0.1) is 0 Å². The van der Waals surface area contributed by atoms with E-state index in [1.54, 1.807) is 0 Å². The average Bonchev–Trinajstić information content (AvgIpc) is 1.99. The van der Waals surface area contributed by atoms with Gasteiger partial charge in [-0.15, -0.1) is 0 Å². The van der Waals surface area contributed by atoms with Crippen LogP contribution >= 0.6 is 0 Å². The first kappa shape index (κ1) is 6.57. The number of ketones is 1. The van der Waals surface area contributed by atoms with Gasteiger partial charge in [-0.3, -0.25) is 4.79 Å². The second kappa shape index (κ2) is 3.47. The summed E-state index contributed by atoms with van der Waals surface area (Å²) >= 11 is 0. The second-order valence-electron chi connectivity index (χ2n) is 1.57. The number of nitrogens with zero attached hydrogens (tertiary/aromatic N) is 2. The molecular formula is C6H4BN2O. The molecule has 0 unspecified atom stereocenters. The Hall–Kier alpha value is -1.55. The first-order chi connectivity index (χ1) is 5.17. The molecule has 0 saturated carbocycles. The van der Waals surface area contributed by atoms with Crippen LogP contribution in [0.3, 0.4) is 0 Å². The van der Waals surface area contributed by atoms with Crippen LogP contribution in [-0.4, -0.2) is 14.9 Å². The van der Waals surface area contributed by atoms with Crippen molar-refractivity contribution < 1.29 is 4.79 Å². The summed E-state index contributed by atoms with van der Waals surface area (Å²) in [5, 5.41) is 16.6. The highest BCUT2D eigenvalue weighted by Gasteiger charge is 2.03. The summed E-state index contributed by atoms with van der Waals surface area (Å²) in [5.41, 5.74) is -0.456. The Kier molecular flexibility index (Phi) is 2.28. The molecule has 47 valence electrons. The lowest BCUT2D eigenvalue weighted by Crippen LogP contribution is -1.98. The number of carbonyl (C=O) groups is 1. The lowest BCUT2D eigenvalue weighted by atomic mass is 9.88. The SMILES string of the molecule is [2H][B]C(C(C)=O)=C(C#N)C#N. The molecular weight excluding hydrogens is 127 g/mol. The molecule has 0 aromatic rings. The van der Waals surface area contributed by atoms with Crippen LogP contribution < -0.4 is 0 Å². The van der Waals surface area contributed by atoms with Crippen LogP contribution in [0, 0.1) is 22.7 Å². The number of carbonyl (C=O) groups excluding carboxylic acids is 1. The minimum Gasteiger partial charge on any atom is -0.296 e. The number of rotatable bonds is 2. The fourth-order valence-corrected chi connectivity index (χ4v) is 0.321. The molecule has 0 aliphatic rings. The summed E-state index contributed by atoms with van der Waals surface area (Å²) in [5.74, 6) is -0.446. The highest BCUT2D eigenvalue weighted by atomic mass is 16.1. The number of allylic oxidation sites excluding steroid dienone is 2. The molecule has 0 heterocycles. The van der Waals surface area contributed by atoms with Crippen LogP contribution in [-0.2, 0) is 4.79 Å². The monoisotopic (exact) mass is 132 g/mol. The minimum atomic E-state index is -0.446. The van der Waals surface area contributed by atoms with Gasteiger partial charge in [0.15, 0.2) is 0 Å². The zero-order valence-corrected chi connectivity index (χ0v) is 5.38. The molecule has 0 spiro atoms. The number of nitriles is 2. The van der Waals surface area contributed by atoms with Gasteiger partial charge in [-0.2, -0.15) is 10.5 Å². The lowest BCUT2D eigenvalue weighted by molar-refractivity contribution is -0.113.